The van der Waals surface area contributed by atoms with Crippen LogP contribution in [0.3, 0.4) is 0 Å². The van der Waals surface area contributed by atoms with Gasteiger partial charge >= 0.3 is 0 Å². The Kier molecular flexibility index (Phi) is 6.47. The van der Waals surface area contributed by atoms with Crippen molar-refractivity contribution in [2.75, 3.05) is 30.8 Å². The molecule has 0 saturated carbocycles. The molecule has 1 atom stereocenters. The highest BCUT2D eigenvalue weighted by atomic mass is 32.2. The van der Waals surface area contributed by atoms with E-state index in [1.165, 1.54) is 0 Å². The number of hydrogen-bond donors (Lipinski definition) is 1. The van der Waals surface area contributed by atoms with Gasteiger partial charge in [0.2, 0.25) is 0 Å². The molecule has 1 aliphatic heterocycles. The maximum Gasteiger partial charge on any atom is 0.189 e. The van der Waals surface area contributed by atoms with Crippen LogP contribution in [0.15, 0.2) is 41.9 Å². The van der Waals surface area contributed by atoms with E-state index in [1.807, 2.05) is 30.7 Å². The zero-order chi connectivity index (χ0) is 17.5. The van der Waals surface area contributed by atoms with Gasteiger partial charge in [-0.2, -0.15) is 0 Å². The van der Waals surface area contributed by atoms with Crippen LogP contribution in [0.4, 0.5) is 5.82 Å². The van der Waals surface area contributed by atoms with Crippen molar-refractivity contribution in [1.29, 1.82) is 0 Å². The molecule has 0 aromatic carbocycles. The van der Waals surface area contributed by atoms with E-state index in [0.29, 0.717) is 6.04 Å². The number of hydrogen-bond acceptors (Lipinski definition) is 7. The second-order valence-electron chi connectivity index (χ2n) is 6.19. The van der Waals surface area contributed by atoms with E-state index in [-0.39, 0.29) is 6.10 Å². The minimum Gasteiger partial charge on any atom is -0.488 e. The van der Waals surface area contributed by atoms with E-state index in [1.54, 1.807) is 24.2 Å². The fourth-order valence-corrected chi connectivity index (χ4v) is 3.29. The molecule has 2 aromatic rings. The fraction of sp³-hybridized carbons (Fsp3) is 0.500. The van der Waals surface area contributed by atoms with Crippen LogP contribution in [0.25, 0.3) is 0 Å². The molecule has 1 fully saturated rings. The SMILES string of the molecule is CSc1nccc(N2CCC(NCC(C)Oc3cccnc3)CC2)n1. The molecule has 6 nitrogen and oxygen atoms in total. The van der Waals surface area contributed by atoms with Crippen molar-refractivity contribution in [2.24, 2.45) is 0 Å². The number of ether oxygens (including phenoxy) is 1. The van der Waals surface area contributed by atoms with Crippen molar-refractivity contribution >= 4 is 17.6 Å². The van der Waals surface area contributed by atoms with Crippen LogP contribution in [0, 0.1) is 0 Å². The molecule has 3 heterocycles. The first-order valence-electron chi connectivity index (χ1n) is 8.66. The first-order valence-corrected chi connectivity index (χ1v) is 9.89. The number of thioether (sulfide) groups is 1. The Morgan fingerprint density at radius 2 is 2.16 bits per heavy atom. The molecule has 0 spiro atoms. The highest BCUT2D eigenvalue weighted by Gasteiger charge is 2.20. The molecule has 1 N–H and O–H groups in total. The molecule has 1 unspecified atom stereocenters. The van der Waals surface area contributed by atoms with E-state index >= 15 is 0 Å². The summed E-state index contributed by atoms with van der Waals surface area (Å²) in [6, 6.07) is 6.35. The standard InChI is InChI=1S/C18H25N5OS/c1-14(24-16-4-3-8-19-13-16)12-21-15-6-10-23(11-7-15)17-5-9-20-18(22-17)25-2/h3-5,8-9,13-15,21H,6-7,10-12H2,1-2H3. The van der Waals surface area contributed by atoms with Crippen molar-refractivity contribution in [3.63, 3.8) is 0 Å². The third-order valence-electron chi connectivity index (χ3n) is 4.29. The summed E-state index contributed by atoms with van der Waals surface area (Å²) in [5.41, 5.74) is 0. The van der Waals surface area contributed by atoms with Gasteiger partial charge in [0.15, 0.2) is 5.16 Å². The lowest BCUT2D eigenvalue weighted by Crippen LogP contribution is -2.45. The van der Waals surface area contributed by atoms with Gasteiger partial charge < -0.3 is 15.0 Å². The van der Waals surface area contributed by atoms with Crippen LogP contribution >= 0.6 is 11.8 Å². The number of nitrogens with one attached hydrogen (secondary N) is 1. The van der Waals surface area contributed by atoms with Crippen molar-refractivity contribution < 1.29 is 4.74 Å². The minimum absolute atomic E-state index is 0.119. The van der Waals surface area contributed by atoms with Gasteiger partial charge in [-0.1, -0.05) is 11.8 Å². The number of anilines is 1. The topological polar surface area (TPSA) is 63.2 Å². The first kappa shape index (κ1) is 17.9. The Morgan fingerprint density at radius 1 is 1.32 bits per heavy atom. The molecule has 0 aliphatic carbocycles. The number of nitrogens with zero attached hydrogens (tertiary/aromatic N) is 4. The molecule has 7 heteroatoms. The lowest BCUT2D eigenvalue weighted by Gasteiger charge is -2.33. The fourth-order valence-electron chi connectivity index (χ4n) is 2.94. The summed E-state index contributed by atoms with van der Waals surface area (Å²) >= 11 is 1.58. The molecule has 1 aliphatic rings. The Bertz CT molecular complexity index is 649. The second kappa shape index (κ2) is 9.01. The monoisotopic (exact) mass is 359 g/mol. The molecule has 0 radical (unpaired) electrons. The largest absolute Gasteiger partial charge is 0.488 e. The maximum atomic E-state index is 5.87. The summed E-state index contributed by atoms with van der Waals surface area (Å²) in [7, 11) is 0. The van der Waals surface area contributed by atoms with Crippen LogP contribution in [-0.2, 0) is 0 Å². The van der Waals surface area contributed by atoms with Crippen LogP contribution in [0.5, 0.6) is 5.75 Å². The van der Waals surface area contributed by atoms with Crippen molar-refractivity contribution in [2.45, 2.75) is 37.1 Å². The Balaban J connectivity index is 1.41. The molecule has 0 bridgehead atoms. The summed E-state index contributed by atoms with van der Waals surface area (Å²) in [5.74, 6) is 1.85. The number of piperidine rings is 1. The zero-order valence-corrected chi connectivity index (χ0v) is 15.6. The van der Waals surface area contributed by atoms with Crippen molar-refractivity contribution in [1.82, 2.24) is 20.3 Å². The molecular weight excluding hydrogens is 334 g/mol. The molecule has 2 aromatic heterocycles. The zero-order valence-electron chi connectivity index (χ0n) is 14.8. The van der Waals surface area contributed by atoms with Gasteiger partial charge in [0.1, 0.15) is 17.7 Å². The summed E-state index contributed by atoms with van der Waals surface area (Å²) in [4.78, 5) is 15.3. The highest BCUT2D eigenvalue weighted by molar-refractivity contribution is 7.98. The Morgan fingerprint density at radius 3 is 2.88 bits per heavy atom. The summed E-state index contributed by atoms with van der Waals surface area (Å²) in [6.45, 7) is 4.95. The van der Waals surface area contributed by atoms with Gasteiger partial charge in [-0.3, -0.25) is 4.98 Å². The molecule has 25 heavy (non-hydrogen) atoms. The predicted octanol–water partition coefficient (Wildman–Crippen LogP) is 2.62. The average Bonchev–Trinajstić information content (AvgIpc) is 2.67. The third-order valence-corrected chi connectivity index (χ3v) is 4.85. The minimum atomic E-state index is 0.119. The number of rotatable bonds is 7. The van der Waals surface area contributed by atoms with E-state index in [2.05, 4.69) is 32.1 Å². The van der Waals surface area contributed by atoms with Crippen molar-refractivity contribution in [3.8, 4) is 5.75 Å². The van der Waals surface area contributed by atoms with E-state index < -0.39 is 0 Å². The van der Waals surface area contributed by atoms with Gasteiger partial charge in [0, 0.05) is 38.1 Å². The van der Waals surface area contributed by atoms with E-state index in [0.717, 1.165) is 49.2 Å². The van der Waals surface area contributed by atoms with E-state index in [4.69, 9.17) is 4.74 Å². The maximum absolute atomic E-state index is 5.87. The molecule has 1 saturated heterocycles. The van der Waals surface area contributed by atoms with Gasteiger partial charge in [-0.25, -0.2) is 9.97 Å². The van der Waals surface area contributed by atoms with Gasteiger partial charge in [-0.05, 0) is 44.2 Å². The van der Waals surface area contributed by atoms with Crippen LogP contribution in [-0.4, -0.2) is 53.0 Å². The molecular formula is C18H25N5OS. The van der Waals surface area contributed by atoms with Crippen LogP contribution in [0.2, 0.25) is 0 Å². The van der Waals surface area contributed by atoms with Gasteiger partial charge in [0.25, 0.3) is 0 Å². The smallest absolute Gasteiger partial charge is 0.189 e. The average molecular weight is 359 g/mol. The number of aromatic nitrogens is 3. The van der Waals surface area contributed by atoms with E-state index in [9.17, 15) is 0 Å². The Hall–Kier alpha value is -1.86. The van der Waals surface area contributed by atoms with Gasteiger partial charge in [0.05, 0.1) is 6.20 Å². The van der Waals surface area contributed by atoms with Crippen LogP contribution in [0.1, 0.15) is 19.8 Å². The third kappa shape index (κ3) is 5.31. The quantitative estimate of drug-likeness (QED) is 0.602. The predicted molar refractivity (Wildman–Crippen MR) is 101 cm³/mol. The van der Waals surface area contributed by atoms with Crippen LogP contribution < -0.4 is 15.0 Å². The molecule has 134 valence electrons. The Labute approximate surface area is 153 Å². The lowest BCUT2D eigenvalue weighted by atomic mass is 10.0. The van der Waals surface area contributed by atoms with Crippen molar-refractivity contribution in [3.05, 3.63) is 36.8 Å². The molecule has 3 rings (SSSR count). The summed E-state index contributed by atoms with van der Waals surface area (Å²) < 4.78 is 5.87. The normalized spacial score (nSPS) is 16.6. The lowest BCUT2D eigenvalue weighted by molar-refractivity contribution is 0.207. The van der Waals surface area contributed by atoms with Gasteiger partial charge in [-0.15, -0.1) is 0 Å². The summed E-state index contributed by atoms with van der Waals surface area (Å²) in [5, 5.41) is 4.46. The summed E-state index contributed by atoms with van der Waals surface area (Å²) in [6.07, 6.45) is 9.69. The first-order chi connectivity index (χ1) is 12.2. The second-order valence-corrected chi connectivity index (χ2v) is 6.96. The molecule has 0 amide bonds. The number of pyridine rings is 1. The highest BCUT2D eigenvalue weighted by Crippen LogP contribution is 2.20.